The number of thiocarbonyl (C=S) groups is 1. The standard InChI is InChI=1S/C11H14FNOS/c1-6(2)14-10-4-7(3)9(12)5-8(10)11(13)15/h4-6H,1-3H3,(H2,13,15). The zero-order chi connectivity index (χ0) is 11.6. The molecule has 0 bridgehead atoms. The van der Waals surface area contributed by atoms with Crippen molar-refractivity contribution in [3.05, 3.63) is 29.1 Å². The highest BCUT2D eigenvalue weighted by Crippen LogP contribution is 2.23. The second-order valence-corrected chi connectivity index (χ2v) is 4.07. The van der Waals surface area contributed by atoms with Gasteiger partial charge in [-0.25, -0.2) is 4.39 Å². The summed E-state index contributed by atoms with van der Waals surface area (Å²) in [5.41, 5.74) is 6.46. The third-order valence-corrected chi connectivity index (χ3v) is 2.11. The SMILES string of the molecule is Cc1cc(OC(C)C)c(C(N)=S)cc1F. The number of rotatable bonds is 3. The number of aryl methyl sites for hydroxylation is 1. The molecule has 0 atom stereocenters. The molecule has 0 aliphatic heterocycles. The van der Waals surface area contributed by atoms with Crippen LogP contribution in [0.1, 0.15) is 25.0 Å². The fourth-order valence-corrected chi connectivity index (χ4v) is 1.36. The topological polar surface area (TPSA) is 35.2 Å². The molecular weight excluding hydrogens is 213 g/mol. The molecule has 0 spiro atoms. The Hall–Kier alpha value is -1.16. The summed E-state index contributed by atoms with van der Waals surface area (Å²) in [5.74, 6) is 0.213. The van der Waals surface area contributed by atoms with Crippen LogP contribution in [0, 0.1) is 12.7 Å². The molecule has 1 aromatic rings. The molecule has 82 valence electrons. The Morgan fingerprint density at radius 3 is 2.53 bits per heavy atom. The quantitative estimate of drug-likeness (QED) is 0.806. The molecule has 0 saturated carbocycles. The van der Waals surface area contributed by atoms with E-state index in [0.717, 1.165) is 0 Å². The number of hydrogen-bond donors (Lipinski definition) is 1. The van der Waals surface area contributed by atoms with Crippen molar-refractivity contribution in [2.45, 2.75) is 26.9 Å². The summed E-state index contributed by atoms with van der Waals surface area (Å²) in [7, 11) is 0. The van der Waals surface area contributed by atoms with Crippen molar-refractivity contribution in [1.82, 2.24) is 0 Å². The van der Waals surface area contributed by atoms with Gasteiger partial charge >= 0.3 is 0 Å². The van der Waals surface area contributed by atoms with Gasteiger partial charge in [0, 0.05) is 0 Å². The number of halogens is 1. The van der Waals surface area contributed by atoms with Crippen LogP contribution in [0.3, 0.4) is 0 Å². The molecule has 4 heteroatoms. The number of benzene rings is 1. The van der Waals surface area contributed by atoms with Gasteiger partial charge in [-0.15, -0.1) is 0 Å². The van der Waals surface area contributed by atoms with Crippen LogP contribution >= 0.6 is 12.2 Å². The van der Waals surface area contributed by atoms with Crippen molar-refractivity contribution in [3.8, 4) is 5.75 Å². The van der Waals surface area contributed by atoms with Gasteiger partial charge in [-0.2, -0.15) is 0 Å². The molecule has 0 heterocycles. The van der Waals surface area contributed by atoms with Crippen molar-refractivity contribution < 1.29 is 9.13 Å². The largest absolute Gasteiger partial charge is 0.490 e. The number of nitrogens with two attached hydrogens (primary N) is 1. The Morgan fingerprint density at radius 2 is 2.07 bits per heavy atom. The number of hydrogen-bond acceptors (Lipinski definition) is 2. The van der Waals surface area contributed by atoms with Crippen LogP contribution in [-0.2, 0) is 0 Å². The van der Waals surface area contributed by atoms with Crippen molar-refractivity contribution in [3.63, 3.8) is 0 Å². The fraction of sp³-hybridized carbons (Fsp3) is 0.364. The van der Waals surface area contributed by atoms with Crippen LogP contribution in [0.5, 0.6) is 5.75 Å². The van der Waals surface area contributed by atoms with Crippen molar-refractivity contribution in [2.75, 3.05) is 0 Å². The van der Waals surface area contributed by atoms with Crippen LogP contribution < -0.4 is 10.5 Å². The van der Waals surface area contributed by atoms with Gasteiger partial charge in [0.05, 0.1) is 11.7 Å². The summed E-state index contributed by atoms with van der Waals surface area (Å²) in [6.45, 7) is 5.45. The maximum atomic E-state index is 13.3. The maximum Gasteiger partial charge on any atom is 0.130 e. The van der Waals surface area contributed by atoms with Gasteiger partial charge in [0.2, 0.25) is 0 Å². The average Bonchev–Trinajstić information content (AvgIpc) is 2.09. The lowest BCUT2D eigenvalue weighted by atomic mass is 10.1. The van der Waals surface area contributed by atoms with Crippen molar-refractivity contribution in [2.24, 2.45) is 5.73 Å². The minimum atomic E-state index is -0.325. The fourth-order valence-electron chi connectivity index (χ4n) is 1.20. The molecule has 0 unspecified atom stereocenters. The Balaban J connectivity index is 3.22. The lowest BCUT2D eigenvalue weighted by molar-refractivity contribution is 0.241. The first-order valence-electron chi connectivity index (χ1n) is 4.68. The highest BCUT2D eigenvalue weighted by atomic mass is 32.1. The van der Waals surface area contributed by atoms with Gasteiger partial charge in [0.15, 0.2) is 0 Å². The second kappa shape index (κ2) is 4.57. The molecule has 2 nitrogen and oxygen atoms in total. The highest BCUT2D eigenvalue weighted by Gasteiger charge is 2.11. The van der Waals surface area contributed by atoms with Crippen LogP contribution in [0.4, 0.5) is 4.39 Å². The first kappa shape index (κ1) is 11.9. The van der Waals surface area contributed by atoms with Crippen LogP contribution in [-0.4, -0.2) is 11.1 Å². The monoisotopic (exact) mass is 227 g/mol. The summed E-state index contributed by atoms with van der Waals surface area (Å²) in [6, 6.07) is 2.93. The molecular formula is C11H14FNOS. The van der Waals surface area contributed by atoms with Crippen LogP contribution in [0.25, 0.3) is 0 Å². The summed E-state index contributed by atoms with van der Waals surface area (Å²) < 4.78 is 18.8. The van der Waals surface area contributed by atoms with E-state index in [1.54, 1.807) is 13.0 Å². The van der Waals surface area contributed by atoms with Gasteiger partial charge in [-0.1, -0.05) is 12.2 Å². The molecule has 0 radical (unpaired) electrons. The third kappa shape index (κ3) is 2.89. The Morgan fingerprint density at radius 1 is 1.47 bits per heavy atom. The third-order valence-electron chi connectivity index (χ3n) is 1.89. The minimum Gasteiger partial charge on any atom is -0.490 e. The van der Waals surface area contributed by atoms with Crippen molar-refractivity contribution >= 4 is 17.2 Å². The van der Waals surface area contributed by atoms with Crippen LogP contribution in [0.2, 0.25) is 0 Å². The Labute approximate surface area is 94.2 Å². The number of ether oxygens (including phenoxy) is 1. The van der Waals surface area contributed by atoms with E-state index in [1.165, 1.54) is 6.07 Å². The molecule has 0 aliphatic carbocycles. The first-order chi connectivity index (χ1) is 6.91. The van der Waals surface area contributed by atoms with E-state index in [2.05, 4.69) is 0 Å². The van der Waals surface area contributed by atoms with Gasteiger partial charge < -0.3 is 10.5 Å². The highest BCUT2D eigenvalue weighted by molar-refractivity contribution is 7.80. The molecule has 1 rings (SSSR count). The summed E-state index contributed by atoms with van der Waals surface area (Å²) in [5, 5.41) is 0. The molecule has 0 saturated heterocycles. The predicted octanol–water partition coefficient (Wildman–Crippen LogP) is 2.56. The van der Waals surface area contributed by atoms with Gasteiger partial charge in [-0.3, -0.25) is 0 Å². The lowest BCUT2D eigenvalue weighted by Crippen LogP contribution is -2.15. The molecule has 2 N–H and O–H groups in total. The van der Waals surface area contributed by atoms with E-state index in [0.29, 0.717) is 16.9 Å². The Bertz CT molecular complexity index is 390. The predicted molar refractivity (Wildman–Crippen MR) is 62.8 cm³/mol. The average molecular weight is 227 g/mol. The summed E-state index contributed by atoms with van der Waals surface area (Å²) >= 11 is 4.84. The minimum absolute atomic E-state index is 0.00274. The maximum absolute atomic E-state index is 13.3. The summed E-state index contributed by atoms with van der Waals surface area (Å²) in [6.07, 6.45) is 0.00274. The second-order valence-electron chi connectivity index (χ2n) is 3.63. The smallest absolute Gasteiger partial charge is 0.130 e. The van der Waals surface area contributed by atoms with E-state index >= 15 is 0 Å². The molecule has 0 fully saturated rings. The lowest BCUT2D eigenvalue weighted by Gasteiger charge is -2.14. The van der Waals surface area contributed by atoms with E-state index in [1.807, 2.05) is 13.8 Å². The molecule has 15 heavy (non-hydrogen) atoms. The first-order valence-corrected chi connectivity index (χ1v) is 5.09. The van der Waals surface area contributed by atoms with Gasteiger partial charge in [-0.05, 0) is 38.5 Å². The summed E-state index contributed by atoms with van der Waals surface area (Å²) in [4.78, 5) is 0.143. The van der Waals surface area contributed by atoms with E-state index < -0.39 is 0 Å². The van der Waals surface area contributed by atoms with E-state index in [9.17, 15) is 4.39 Å². The molecule has 0 aliphatic rings. The molecule has 1 aromatic carbocycles. The Kier molecular flexibility index (Phi) is 3.63. The van der Waals surface area contributed by atoms with Crippen molar-refractivity contribution in [1.29, 1.82) is 0 Å². The molecule has 0 amide bonds. The van der Waals surface area contributed by atoms with E-state index in [-0.39, 0.29) is 16.9 Å². The zero-order valence-corrected chi connectivity index (χ0v) is 9.82. The zero-order valence-electron chi connectivity index (χ0n) is 9.00. The van der Waals surface area contributed by atoms with Gasteiger partial charge in [0.25, 0.3) is 0 Å². The molecule has 0 aromatic heterocycles. The normalized spacial score (nSPS) is 10.5. The van der Waals surface area contributed by atoms with Gasteiger partial charge in [0.1, 0.15) is 16.6 Å². The van der Waals surface area contributed by atoms with E-state index in [4.69, 9.17) is 22.7 Å². The van der Waals surface area contributed by atoms with Crippen LogP contribution in [0.15, 0.2) is 12.1 Å².